The number of hydrogen-bond donors (Lipinski definition) is 1. The van der Waals surface area contributed by atoms with E-state index in [9.17, 15) is 4.79 Å². The normalized spacial score (nSPS) is 10.5. The minimum absolute atomic E-state index is 0.0197. The maximum Gasteiger partial charge on any atom is 0.257 e. The van der Waals surface area contributed by atoms with Crippen LogP contribution in [0.3, 0.4) is 0 Å². The summed E-state index contributed by atoms with van der Waals surface area (Å²) < 4.78 is 5.50. The van der Waals surface area contributed by atoms with E-state index < -0.39 is 0 Å². The van der Waals surface area contributed by atoms with Gasteiger partial charge in [-0.25, -0.2) is 0 Å². The molecule has 0 spiro atoms. The molecule has 0 bridgehead atoms. The lowest BCUT2D eigenvalue weighted by Crippen LogP contribution is -2.30. The molecule has 0 aliphatic rings. The number of amides is 1. The number of nitrogens with one attached hydrogen (secondary N) is 1. The molecule has 128 valence electrons. The zero-order valence-electron chi connectivity index (χ0n) is 13.4. The van der Waals surface area contributed by atoms with E-state index in [2.05, 4.69) is 5.32 Å². The third-order valence-electron chi connectivity index (χ3n) is 3.33. The molecule has 0 fully saturated rings. The van der Waals surface area contributed by atoms with Gasteiger partial charge >= 0.3 is 0 Å². The van der Waals surface area contributed by atoms with Crippen LogP contribution < -0.4 is 10.1 Å². The molecule has 0 aromatic heterocycles. The van der Waals surface area contributed by atoms with Crippen molar-refractivity contribution in [3.05, 3.63) is 63.6 Å². The van der Waals surface area contributed by atoms with Crippen molar-refractivity contribution in [2.24, 2.45) is 0 Å². The molecule has 0 saturated carbocycles. The minimum atomic E-state index is -0.130. The van der Waals surface area contributed by atoms with Crippen LogP contribution in [0.2, 0.25) is 10.0 Å². The highest BCUT2D eigenvalue weighted by Crippen LogP contribution is 2.27. The average Bonchev–Trinajstić information content (AvgIpc) is 2.56. The van der Waals surface area contributed by atoms with Crippen LogP contribution in [0.4, 0.5) is 0 Å². The number of para-hydroxylation sites is 1. The molecule has 2 aromatic rings. The first kappa shape index (κ1) is 19.0. The summed E-state index contributed by atoms with van der Waals surface area (Å²) in [6.07, 6.45) is 0. The van der Waals surface area contributed by atoms with Crippen LogP contribution in [-0.4, -0.2) is 24.8 Å². The molecule has 0 radical (unpaired) electrons. The number of hydrogen-bond acceptors (Lipinski definition) is 3. The van der Waals surface area contributed by atoms with Crippen molar-refractivity contribution in [2.45, 2.75) is 12.7 Å². The van der Waals surface area contributed by atoms with E-state index in [1.54, 1.807) is 11.8 Å². The number of ether oxygens (including phenoxy) is 1. The molecule has 3 nitrogen and oxygen atoms in total. The van der Waals surface area contributed by atoms with Crippen LogP contribution in [0.1, 0.15) is 11.1 Å². The molecule has 24 heavy (non-hydrogen) atoms. The quantitative estimate of drug-likeness (QED) is 0.669. The summed E-state index contributed by atoms with van der Waals surface area (Å²) in [5, 5.41) is 4.18. The summed E-state index contributed by atoms with van der Waals surface area (Å²) in [5.41, 5.74) is 1.94. The number of aryl methyl sites for hydroxylation is 1. The van der Waals surface area contributed by atoms with Gasteiger partial charge in [-0.15, -0.1) is 0 Å². The summed E-state index contributed by atoms with van der Waals surface area (Å²) in [6.45, 7) is 2.54. The molecule has 1 amide bonds. The van der Waals surface area contributed by atoms with Crippen LogP contribution in [0.25, 0.3) is 0 Å². The second-order valence-corrected chi connectivity index (χ2v) is 7.08. The van der Waals surface area contributed by atoms with Gasteiger partial charge in [0.25, 0.3) is 5.91 Å². The number of carbonyl (C=O) groups is 1. The Morgan fingerprint density at radius 1 is 1.12 bits per heavy atom. The Morgan fingerprint density at radius 3 is 2.54 bits per heavy atom. The Hall–Kier alpha value is -1.36. The lowest BCUT2D eigenvalue weighted by molar-refractivity contribution is -0.122. The fourth-order valence-corrected chi connectivity index (χ4v) is 3.62. The summed E-state index contributed by atoms with van der Waals surface area (Å²) in [6, 6.07) is 13.1. The second-order valence-electron chi connectivity index (χ2n) is 5.16. The molecular weight excluding hydrogens is 365 g/mol. The fraction of sp³-hybridized carbons (Fsp3) is 0.278. The lowest BCUT2D eigenvalue weighted by Gasteiger charge is -2.10. The van der Waals surface area contributed by atoms with Gasteiger partial charge in [-0.05, 0) is 36.2 Å². The maximum atomic E-state index is 11.8. The van der Waals surface area contributed by atoms with Gasteiger partial charge < -0.3 is 10.1 Å². The Kier molecular flexibility index (Phi) is 7.76. The molecule has 0 heterocycles. The molecule has 0 unspecified atom stereocenters. The van der Waals surface area contributed by atoms with Gasteiger partial charge in [-0.2, -0.15) is 11.8 Å². The van der Waals surface area contributed by atoms with Crippen molar-refractivity contribution in [1.82, 2.24) is 5.32 Å². The first-order valence-corrected chi connectivity index (χ1v) is 9.44. The molecule has 2 rings (SSSR count). The van der Waals surface area contributed by atoms with E-state index >= 15 is 0 Å². The standard InChI is InChI=1S/C18H19Cl2NO2S/c1-13-5-2-3-8-17(13)23-11-18(22)21-9-10-24-12-14-15(19)6-4-7-16(14)20/h2-8H,9-12H2,1H3,(H,21,22). The SMILES string of the molecule is Cc1ccccc1OCC(=O)NCCSCc1c(Cl)cccc1Cl. The minimum Gasteiger partial charge on any atom is -0.484 e. The molecular formula is C18H19Cl2NO2S. The molecule has 0 atom stereocenters. The van der Waals surface area contributed by atoms with Gasteiger partial charge in [0.2, 0.25) is 0 Å². The van der Waals surface area contributed by atoms with E-state index in [0.29, 0.717) is 22.3 Å². The number of rotatable bonds is 8. The van der Waals surface area contributed by atoms with Gasteiger partial charge in [-0.1, -0.05) is 47.5 Å². The third-order valence-corrected chi connectivity index (χ3v) is 5.02. The zero-order chi connectivity index (χ0) is 17.4. The predicted molar refractivity (Wildman–Crippen MR) is 102 cm³/mol. The zero-order valence-corrected chi connectivity index (χ0v) is 15.7. The van der Waals surface area contributed by atoms with Gasteiger partial charge in [0.15, 0.2) is 6.61 Å². The van der Waals surface area contributed by atoms with E-state index in [1.807, 2.05) is 49.4 Å². The van der Waals surface area contributed by atoms with Crippen molar-refractivity contribution >= 4 is 40.9 Å². The summed E-state index contributed by atoms with van der Waals surface area (Å²) in [7, 11) is 0. The topological polar surface area (TPSA) is 38.3 Å². The Labute approximate surface area is 156 Å². The molecule has 0 saturated heterocycles. The number of carbonyl (C=O) groups excluding carboxylic acids is 1. The summed E-state index contributed by atoms with van der Waals surface area (Å²) in [4.78, 5) is 11.8. The lowest BCUT2D eigenvalue weighted by atomic mass is 10.2. The first-order chi connectivity index (χ1) is 11.6. The van der Waals surface area contributed by atoms with Crippen LogP contribution in [-0.2, 0) is 10.5 Å². The summed E-state index contributed by atoms with van der Waals surface area (Å²) >= 11 is 13.9. The first-order valence-electron chi connectivity index (χ1n) is 7.53. The largest absolute Gasteiger partial charge is 0.484 e. The fourth-order valence-electron chi connectivity index (χ4n) is 2.02. The van der Waals surface area contributed by atoms with Crippen LogP contribution in [0, 0.1) is 6.92 Å². The monoisotopic (exact) mass is 383 g/mol. The molecule has 2 aromatic carbocycles. The van der Waals surface area contributed by atoms with Gasteiger partial charge in [-0.3, -0.25) is 4.79 Å². The van der Waals surface area contributed by atoms with Crippen molar-refractivity contribution in [1.29, 1.82) is 0 Å². The smallest absolute Gasteiger partial charge is 0.257 e. The van der Waals surface area contributed by atoms with E-state index in [0.717, 1.165) is 22.6 Å². The Balaban J connectivity index is 1.64. The maximum absolute atomic E-state index is 11.8. The van der Waals surface area contributed by atoms with Crippen molar-refractivity contribution in [3.63, 3.8) is 0 Å². The van der Waals surface area contributed by atoms with Crippen molar-refractivity contribution in [3.8, 4) is 5.75 Å². The number of thioether (sulfide) groups is 1. The van der Waals surface area contributed by atoms with Gasteiger partial charge in [0, 0.05) is 28.1 Å². The molecule has 0 aliphatic heterocycles. The summed E-state index contributed by atoms with van der Waals surface area (Å²) in [5.74, 6) is 2.09. The number of halogens is 2. The predicted octanol–water partition coefficient (Wildman–Crippen LogP) is 4.73. The van der Waals surface area contributed by atoms with E-state index in [1.165, 1.54) is 0 Å². The van der Waals surface area contributed by atoms with Crippen molar-refractivity contribution in [2.75, 3.05) is 18.9 Å². The second kappa shape index (κ2) is 9.82. The van der Waals surface area contributed by atoms with Crippen LogP contribution in [0.5, 0.6) is 5.75 Å². The van der Waals surface area contributed by atoms with Crippen LogP contribution in [0.15, 0.2) is 42.5 Å². The highest BCUT2D eigenvalue weighted by Gasteiger charge is 2.06. The van der Waals surface area contributed by atoms with Gasteiger partial charge in [0.1, 0.15) is 5.75 Å². The number of benzene rings is 2. The molecule has 6 heteroatoms. The molecule has 1 N–H and O–H groups in total. The van der Waals surface area contributed by atoms with Crippen molar-refractivity contribution < 1.29 is 9.53 Å². The third kappa shape index (κ3) is 5.93. The Morgan fingerprint density at radius 2 is 1.83 bits per heavy atom. The van der Waals surface area contributed by atoms with E-state index in [-0.39, 0.29) is 12.5 Å². The van der Waals surface area contributed by atoms with E-state index in [4.69, 9.17) is 27.9 Å². The van der Waals surface area contributed by atoms with Crippen LogP contribution >= 0.6 is 35.0 Å². The van der Waals surface area contributed by atoms with Gasteiger partial charge in [0.05, 0.1) is 0 Å². The Bertz CT molecular complexity index is 674. The molecule has 0 aliphatic carbocycles. The highest BCUT2D eigenvalue weighted by molar-refractivity contribution is 7.98. The average molecular weight is 384 g/mol. The highest BCUT2D eigenvalue weighted by atomic mass is 35.5.